The summed E-state index contributed by atoms with van der Waals surface area (Å²) in [5.74, 6) is 0.705. The summed E-state index contributed by atoms with van der Waals surface area (Å²) in [4.78, 5) is 17.3. The van der Waals surface area contributed by atoms with Crippen LogP contribution >= 0.6 is 11.8 Å². The number of para-hydroxylation sites is 2. The van der Waals surface area contributed by atoms with Gasteiger partial charge in [-0.1, -0.05) is 62.0 Å². The Morgan fingerprint density at radius 2 is 1.74 bits per heavy atom. The summed E-state index contributed by atoms with van der Waals surface area (Å²) in [6, 6.07) is 14.4. The van der Waals surface area contributed by atoms with Crippen LogP contribution in [0.2, 0.25) is 0 Å². The standard InChI is InChI=1S/C23H26N2OS/c1-14(2)18-10-6-8-15(3)22(18)24-20(26)13-27-21-12-17(5)19-11-7-9-16(4)23(19)25-21/h6-12,14H,13H2,1-5H3,(H,24,26). The fourth-order valence-corrected chi connectivity index (χ4v) is 4.03. The van der Waals surface area contributed by atoms with E-state index < -0.39 is 0 Å². The number of nitrogens with one attached hydrogen (secondary N) is 1. The number of hydrogen-bond acceptors (Lipinski definition) is 3. The fraction of sp³-hybridized carbons (Fsp3) is 0.304. The zero-order valence-corrected chi connectivity index (χ0v) is 17.4. The lowest BCUT2D eigenvalue weighted by molar-refractivity contribution is -0.113. The first-order valence-corrected chi connectivity index (χ1v) is 10.2. The third-order valence-electron chi connectivity index (χ3n) is 4.77. The lowest BCUT2D eigenvalue weighted by Gasteiger charge is -2.16. The van der Waals surface area contributed by atoms with Gasteiger partial charge in [-0.2, -0.15) is 0 Å². The molecule has 0 aliphatic carbocycles. The number of nitrogens with zero attached hydrogens (tertiary/aromatic N) is 1. The molecule has 0 saturated heterocycles. The number of amides is 1. The number of fused-ring (bicyclic) bond motifs is 1. The van der Waals surface area contributed by atoms with E-state index in [1.807, 2.05) is 19.1 Å². The van der Waals surface area contributed by atoms with Crippen LogP contribution in [0.1, 0.15) is 42.0 Å². The average Bonchev–Trinajstić information content (AvgIpc) is 2.62. The van der Waals surface area contributed by atoms with Gasteiger partial charge in [0, 0.05) is 11.1 Å². The first-order valence-electron chi connectivity index (χ1n) is 9.26. The van der Waals surface area contributed by atoms with Crippen LogP contribution in [-0.2, 0) is 4.79 Å². The summed E-state index contributed by atoms with van der Waals surface area (Å²) in [6.45, 7) is 10.5. The molecule has 140 valence electrons. The van der Waals surface area contributed by atoms with Crippen molar-refractivity contribution in [1.82, 2.24) is 4.98 Å². The maximum absolute atomic E-state index is 12.6. The van der Waals surface area contributed by atoms with Crippen molar-refractivity contribution in [1.29, 1.82) is 0 Å². The summed E-state index contributed by atoms with van der Waals surface area (Å²) < 4.78 is 0. The van der Waals surface area contributed by atoms with Gasteiger partial charge in [-0.15, -0.1) is 0 Å². The Labute approximate surface area is 165 Å². The molecule has 0 atom stereocenters. The normalized spacial score (nSPS) is 11.2. The lowest BCUT2D eigenvalue weighted by Crippen LogP contribution is -2.16. The number of aryl methyl sites for hydroxylation is 3. The van der Waals surface area contributed by atoms with Gasteiger partial charge in [0.05, 0.1) is 16.3 Å². The number of aromatic nitrogens is 1. The second kappa shape index (κ2) is 8.13. The highest BCUT2D eigenvalue weighted by Gasteiger charge is 2.13. The van der Waals surface area contributed by atoms with E-state index in [0.29, 0.717) is 11.7 Å². The van der Waals surface area contributed by atoms with Gasteiger partial charge in [0.25, 0.3) is 0 Å². The van der Waals surface area contributed by atoms with E-state index in [1.54, 1.807) is 0 Å². The molecule has 0 unspecified atom stereocenters. The SMILES string of the molecule is Cc1cccc(C(C)C)c1NC(=O)CSc1cc(C)c2cccc(C)c2n1. The van der Waals surface area contributed by atoms with E-state index in [0.717, 1.165) is 27.4 Å². The van der Waals surface area contributed by atoms with Gasteiger partial charge in [-0.25, -0.2) is 4.98 Å². The topological polar surface area (TPSA) is 42.0 Å². The van der Waals surface area contributed by atoms with Crippen LogP contribution < -0.4 is 5.32 Å². The third-order valence-corrected chi connectivity index (χ3v) is 5.68. The van der Waals surface area contributed by atoms with E-state index in [4.69, 9.17) is 4.98 Å². The molecule has 0 bridgehead atoms. The number of pyridine rings is 1. The molecule has 2 aromatic carbocycles. The number of anilines is 1. The van der Waals surface area contributed by atoms with Crippen LogP contribution in [0.25, 0.3) is 10.9 Å². The number of hydrogen-bond donors (Lipinski definition) is 1. The molecule has 1 heterocycles. The molecule has 3 nitrogen and oxygen atoms in total. The first kappa shape index (κ1) is 19.4. The molecule has 3 aromatic rings. The summed E-state index contributed by atoms with van der Waals surface area (Å²) in [6.07, 6.45) is 0. The zero-order valence-electron chi connectivity index (χ0n) is 16.6. The van der Waals surface area contributed by atoms with Gasteiger partial charge in [-0.05, 0) is 55.0 Å². The van der Waals surface area contributed by atoms with Crippen molar-refractivity contribution in [2.75, 3.05) is 11.1 Å². The van der Waals surface area contributed by atoms with Crippen molar-refractivity contribution in [2.45, 2.75) is 45.6 Å². The minimum atomic E-state index is 0.000494. The second-order valence-corrected chi connectivity index (χ2v) is 8.27. The van der Waals surface area contributed by atoms with Crippen molar-refractivity contribution in [3.05, 3.63) is 64.7 Å². The van der Waals surface area contributed by atoms with Crippen molar-refractivity contribution in [3.8, 4) is 0 Å². The molecule has 1 amide bonds. The second-order valence-electron chi connectivity index (χ2n) is 7.28. The Hall–Kier alpha value is -2.33. The van der Waals surface area contributed by atoms with Crippen molar-refractivity contribution in [2.24, 2.45) is 0 Å². The maximum atomic E-state index is 12.6. The monoisotopic (exact) mass is 378 g/mol. The summed E-state index contributed by atoms with van der Waals surface area (Å²) in [5.41, 5.74) is 6.56. The van der Waals surface area contributed by atoms with Gasteiger partial charge in [-0.3, -0.25) is 4.79 Å². The van der Waals surface area contributed by atoms with Crippen molar-refractivity contribution in [3.63, 3.8) is 0 Å². The van der Waals surface area contributed by atoms with E-state index in [-0.39, 0.29) is 5.91 Å². The number of carbonyl (C=O) groups excluding carboxylic acids is 1. The minimum Gasteiger partial charge on any atom is -0.325 e. The van der Waals surface area contributed by atoms with E-state index in [2.05, 4.69) is 63.3 Å². The molecule has 0 fully saturated rings. The number of thioether (sulfide) groups is 1. The Morgan fingerprint density at radius 1 is 1.04 bits per heavy atom. The molecular weight excluding hydrogens is 352 g/mol. The Morgan fingerprint density at radius 3 is 2.48 bits per heavy atom. The zero-order chi connectivity index (χ0) is 19.6. The van der Waals surface area contributed by atoms with Crippen LogP contribution in [0.4, 0.5) is 5.69 Å². The predicted molar refractivity (Wildman–Crippen MR) is 116 cm³/mol. The lowest BCUT2D eigenvalue weighted by atomic mass is 9.98. The van der Waals surface area contributed by atoms with Crippen LogP contribution in [0.5, 0.6) is 0 Å². The number of carbonyl (C=O) groups is 1. The minimum absolute atomic E-state index is 0.000494. The van der Waals surface area contributed by atoms with E-state index in [1.165, 1.54) is 28.3 Å². The highest BCUT2D eigenvalue weighted by atomic mass is 32.2. The Bertz CT molecular complexity index is 995. The molecule has 0 aliphatic rings. The van der Waals surface area contributed by atoms with E-state index in [9.17, 15) is 4.79 Å². The molecular formula is C23H26N2OS. The first-order chi connectivity index (χ1) is 12.9. The number of benzene rings is 2. The van der Waals surface area contributed by atoms with Crippen LogP contribution in [-0.4, -0.2) is 16.6 Å². The summed E-state index contributed by atoms with van der Waals surface area (Å²) in [7, 11) is 0. The third kappa shape index (κ3) is 4.33. The average molecular weight is 379 g/mol. The van der Waals surface area contributed by atoms with Crippen molar-refractivity contribution < 1.29 is 4.79 Å². The van der Waals surface area contributed by atoms with Gasteiger partial charge in [0.15, 0.2) is 0 Å². The number of rotatable bonds is 5. The molecule has 3 rings (SSSR count). The Balaban J connectivity index is 1.76. The van der Waals surface area contributed by atoms with E-state index >= 15 is 0 Å². The molecule has 0 aliphatic heterocycles. The molecule has 1 N–H and O–H groups in total. The van der Waals surface area contributed by atoms with Crippen LogP contribution in [0, 0.1) is 20.8 Å². The van der Waals surface area contributed by atoms with Crippen LogP contribution in [0.3, 0.4) is 0 Å². The molecule has 0 spiro atoms. The van der Waals surface area contributed by atoms with Gasteiger partial charge in [0.2, 0.25) is 5.91 Å². The molecule has 4 heteroatoms. The molecule has 27 heavy (non-hydrogen) atoms. The summed E-state index contributed by atoms with van der Waals surface area (Å²) in [5, 5.41) is 5.16. The van der Waals surface area contributed by atoms with Gasteiger partial charge in [0.1, 0.15) is 0 Å². The van der Waals surface area contributed by atoms with Crippen molar-refractivity contribution >= 4 is 34.3 Å². The quantitative estimate of drug-likeness (QED) is 0.552. The molecule has 0 radical (unpaired) electrons. The van der Waals surface area contributed by atoms with Gasteiger partial charge >= 0.3 is 0 Å². The Kier molecular flexibility index (Phi) is 5.85. The highest BCUT2D eigenvalue weighted by Crippen LogP contribution is 2.29. The smallest absolute Gasteiger partial charge is 0.234 e. The van der Waals surface area contributed by atoms with Crippen LogP contribution in [0.15, 0.2) is 47.5 Å². The molecule has 1 aromatic heterocycles. The molecule has 0 saturated carbocycles. The maximum Gasteiger partial charge on any atom is 0.234 e. The van der Waals surface area contributed by atoms with Gasteiger partial charge < -0.3 is 5.32 Å². The predicted octanol–water partition coefficient (Wildman–Crippen LogP) is 6.01. The highest BCUT2D eigenvalue weighted by molar-refractivity contribution is 7.99. The summed E-state index contributed by atoms with van der Waals surface area (Å²) >= 11 is 1.48. The largest absolute Gasteiger partial charge is 0.325 e. The fourth-order valence-electron chi connectivity index (χ4n) is 3.26.